The highest BCUT2D eigenvalue weighted by atomic mass is 35.5. The van der Waals surface area contributed by atoms with Crippen molar-refractivity contribution in [2.75, 3.05) is 6.54 Å². The largest absolute Gasteiger partial charge is 0.256 e. The van der Waals surface area contributed by atoms with Gasteiger partial charge in [-0.25, -0.2) is 13.1 Å². The summed E-state index contributed by atoms with van der Waals surface area (Å²) in [5.74, 6) is 0.429. The minimum Gasteiger partial charge on any atom is -0.256 e. The lowest BCUT2D eigenvalue weighted by molar-refractivity contribution is 0.544. The number of rotatable bonds is 6. The fourth-order valence-electron chi connectivity index (χ4n) is 2.18. The van der Waals surface area contributed by atoms with E-state index in [0.29, 0.717) is 16.8 Å². The maximum absolute atomic E-state index is 12.4. The Morgan fingerprint density at radius 3 is 2.71 bits per heavy atom. The number of pyridine rings is 1. The number of fused-ring (bicyclic) bond motifs is 1. The number of nitrogens with zero attached hydrogens (tertiary/aromatic N) is 1. The zero-order valence-corrected chi connectivity index (χ0v) is 13.7. The van der Waals surface area contributed by atoms with E-state index >= 15 is 0 Å². The summed E-state index contributed by atoms with van der Waals surface area (Å²) in [4.78, 5) is 4.41. The lowest BCUT2D eigenvalue weighted by atomic mass is 10.1. The van der Waals surface area contributed by atoms with Gasteiger partial charge in [0.2, 0.25) is 10.0 Å². The molecule has 4 nitrogen and oxygen atoms in total. The van der Waals surface area contributed by atoms with Crippen LogP contribution in [0.4, 0.5) is 0 Å². The average molecular weight is 327 g/mol. The lowest BCUT2D eigenvalue weighted by Gasteiger charge is -2.14. The van der Waals surface area contributed by atoms with Crippen molar-refractivity contribution in [3.05, 3.63) is 36.5 Å². The molecule has 0 radical (unpaired) electrons. The highest BCUT2D eigenvalue weighted by molar-refractivity contribution is 7.89. The number of alkyl halides is 1. The van der Waals surface area contributed by atoms with Crippen LogP contribution in [-0.4, -0.2) is 25.3 Å². The highest BCUT2D eigenvalue weighted by Crippen LogP contribution is 2.21. The first-order valence-corrected chi connectivity index (χ1v) is 8.79. The fraction of sp³-hybridized carbons (Fsp3) is 0.400. The Balaban J connectivity index is 2.22. The van der Waals surface area contributed by atoms with E-state index in [1.54, 1.807) is 36.5 Å². The predicted molar refractivity (Wildman–Crippen MR) is 86.0 cm³/mol. The highest BCUT2D eigenvalue weighted by Gasteiger charge is 2.19. The van der Waals surface area contributed by atoms with Gasteiger partial charge < -0.3 is 0 Å². The van der Waals surface area contributed by atoms with E-state index in [9.17, 15) is 8.42 Å². The molecule has 1 unspecified atom stereocenters. The Labute approximate surface area is 130 Å². The average Bonchev–Trinajstić information content (AvgIpc) is 2.44. The smallest absolute Gasteiger partial charge is 0.241 e. The molecule has 0 saturated carbocycles. The monoisotopic (exact) mass is 326 g/mol. The van der Waals surface area contributed by atoms with Gasteiger partial charge in [-0.3, -0.25) is 4.98 Å². The van der Waals surface area contributed by atoms with Crippen LogP contribution < -0.4 is 4.72 Å². The van der Waals surface area contributed by atoms with Gasteiger partial charge in [0.1, 0.15) is 0 Å². The summed E-state index contributed by atoms with van der Waals surface area (Å²) in [6.45, 7) is 4.33. The molecule has 0 aliphatic rings. The molecule has 1 atom stereocenters. The zero-order valence-electron chi connectivity index (χ0n) is 12.1. The van der Waals surface area contributed by atoms with Gasteiger partial charge in [-0.15, -0.1) is 11.6 Å². The van der Waals surface area contributed by atoms with Gasteiger partial charge in [-0.1, -0.05) is 19.9 Å². The third-order valence-electron chi connectivity index (χ3n) is 3.12. The Kier molecular flexibility index (Phi) is 5.19. The minimum absolute atomic E-state index is 0.215. The van der Waals surface area contributed by atoms with E-state index in [2.05, 4.69) is 23.6 Å². The standard InChI is InChI=1S/C15H19ClN2O2S/c1-11(2)9-12(16)10-18-21(19,20)15-7-3-6-14-13(15)5-4-8-17-14/h3-8,11-12,18H,9-10H2,1-2H3. The first-order chi connectivity index (χ1) is 9.90. The van der Waals surface area contributed by atoms with Crippen LogP contribution in [0.5, 0.6) is 0 Å². The lowest BCUT2D eigenvalue weighted by Crippen LogP contribution is -2.30. The van der Waals surface area contributed by atoms with Gasteiger partial charge in [-0.2, -0.15) is 0 Å². The summed E-state index contributed by atoms with van der Waals surface area (Å²) in [5, 5.41) is 0.398. The third-order valence-corrected chi connectivity index (χ3v) is 4.93. The Hall–Kier alpha value is -1.17. The van der Waals surface area contributed by atoms with E-state index in [4.69, 9.17) is 11.6 Å². The van der Waals surface area contributed by atoms with Crippen LogP contribution in [-0.2, 0) is 10.0 Å². The van der Waals surface area contributed by atoms with Crippen LogP contribution in [0, 0.1) is 5.92 Å². The first-order valence-electron chi connectivity index (χ1n) is 6.87. The summed E-state index contributed by atoms with van der Waals surface area (Å²) in [5.41, 5.74) is 0.657. The number of aromatic nitrogens is 1. The van der Waals surface area contributed by atoms with Crippen LogP contribution in [0.25, 0.3) is 10.9 Å². The first kappa shape index (κ1) is 16.2. The summed E-state index contributed by atoms with van der Waals surface area (Å²) in [7, 11) is -3.59. The number of sulfonamides is 1. The summed E-state index contributed by atoms with van der Waals surface area (Å²) in [6, 6.07) is 8.54. The fourth-order valence-corrected chi connectivity index (χ4v) is 4.00. The van der Waals surface area contributed by atoms with Crippen molar-refractivity contribution < 1.29 is 8.42 Å². The molecule has 0 aliphatic carbocycles. The second-order valence-corrected chi connectivity index (χ2v) is 7.76. The number of halogens is 1. The summed E-state index contributed by atoms with van der Waals surface area (Å²) in [6.07, 6.45) is 2.41. The normalized spacial score (nSPS) is 13.7. The predicted octanol–water partition coefficient (Wildman–Crippen LogP) is 3.17. The quantitative estimate of drug-likeness (QED) is 0.829. The Bertz CT molecular complexity index is 711. The van der Waals surface area contributed by atoms with Gasteiger partial charge in [0.25, 0.3) is 0 Å². The molecule has 2 rings (SSSR count). The number of nitrogens with one attached hydrogen (secondary N) is 1. The molecular formula is C15H19ClN2O2S. The summed E-state index contributed by atoms with van der Waals surface area (Å²) < 4.78 is 27.5. The molecule has 2 aromatic rings. The van der Waals surface area contributed by atoms with Crippen LogP contribution >= 0.6 is 11.6 Å². The van der Waals surface area contributed by atoms with Gasteiger partial charge >= 0.3 is 0 Å². The number of hydrogen-bond donors (Lipinski definition) is 1. The summed E-state index contributed by atoms with van der Waals surface area (Å²) >= 11 is 6.15. The van der Waals surface area contributed by atoms with E-state index in [0.717, 1.165) is 6.42 Å². The topological polar surface area (TPSA) is 59.1 Å². The third kappa shape index (κ3) is 4.15. The SMILES string of the molecule is CC(C)CC(Cl)CNS(=O)(=O)c1cccc2ncccc12. The molecule has 0 amide bonds. The van der Waals surface area contributed by atoms with Gasteiger partial charge in [-0.05, 0) is 36.6 Å². The molecule has 6 heteroatoms. The number of hydrogen-bond acceptors (Lipinski definition) is 3. The molecule has 1 aromatic carbocycles. The molecule has 0 fully saturated rings. The molecule has 0 aliphatic heterocycles. The second-order valence-electron chi connectivity index (χ2n) is 5.40. The van der Waals surface area contributed by atoms with Crippen molar-refractivity contribution in [1.82, 2.24) is 9.71 Å². The van der Waals surface area contributed by atoms with Crippen LogP contribution in [0.2, 0.25) is 0 Å². The maximum atomic E-state index is 12.4. The van der Waals surface area contributed by atoms with E-state index in [-0.39, 0.29) is 16.8 Å². The maximum Gasteiger partial charge on any atom is 0.241 e. The van der Waals surface area contributed by atoms with Crippen LogP contribution in [0.15, 0.2) is 41.4 Å². The van der Waals surface area contributed by atoms with E-state index in [1.807, 2.05) is 0 Å². The molecule has 21 heavy (non-hydrogen) atoms. The molecule has 114 valence electrons. The molecule has 0 saturated heterocycles. The van der Waals surface area contributed by atoms with E-state index < -0.39 is 10.0 Å². The van der Waals surface area contributed by atoms with Crippen LogP contribution in [0.3, 0.4) is 0 Å². The molecule has 1 heterocycles. The van der Waals surface area contributed by atoms with Crippen LogP contribution in [0.1, 0.15) is 20.3 Å². The number of benzene rings is 1. The van der Waals surface area contributed by atoms with Gasteiger partial charge in [0.05, 0.1) is 10.4 Å². The zero-order chi connectivity index (χ0) is 15.5. The second kappa shape index (κ2) is 6.73. The Morgan fingerprint density at radius 2 is 2.00 bits per heavy atom. The van der Waals surface area contributed by atoms with Crippen molar-refractivity contribution >= 4 is 32.5 Å². The van der Waals surface area contributed by atoms with Crippen molar-refractivity contribution in [1.29, 1.82) is 0 Å². The minimum atomic E-state index is -3.59. The van der Waals surface area contributed by atoms with Crippen molar-refractivity contribution in [3.8, 4) is 0 Å². The van der Waals surface area contributed by atoms with E-state index in [1.165, 1.54) is 0 Å². The molecule has 0 bridgehead atoms. The van der Waals surface area contributed by atoms with Gasteiger partial charge in [0, 0.05) is 23.5 Å². The molecule has 0 spiro atoms. The molecule has 1 N–H and O–H groups in total. The van der Waals surface area contributed by atoms with Crippen molar-refractivity contribution in [2.24, 2.45) is 5.92 Å². The Morgan fingerprint density at radius 1 is 1.24 bits per heavy atom. The van der Waals surface area contributed by atoms with Crippen molar-refractivity contribution in [2.45, 2.75) is 30.5 Å². The van der Waals surface area contributed by atoms with Crippen molar-refractivity contribution in [3.63, 3.8) is 0 Å². The molecular weight excluding hydrogens is 308 g/mol. The van der Waals surface area contributed by atoms with Gasteiger partial charge in [0.15, 0.2) is 0 Å². The molecule has 1 aromatic heterocycles.